The third-order valence-electron chi connectivity index (χ3n) is 2.26. The maximum absolute atomic E-state index is 5.65. The first-order valence-electron chi connectivity index (χ1n) is 5.19. The second-order valence-corrected chi connectivity index (χ2v) is 5.00. The SMILES string of the molecule is Cc1cc2c(Oc3ncn(C)n3)nc(N)nc2s1. The first-order valence-corrected chi connectivity index (χ1v) is 6.00. The van der Waals surface area contributed by atoms with Crippen molar-refractivity contribution >= 4 is 27.5 Å². The molecule has 2 N–H and O–H groups in total. The van der Waals surface area contributed by atoms with Crippen LogP contribution in [0.4, 0.5) is 5.95 Å². The van der Waals surface area contributed by atoms with Crippen LogP contribution in [0.2, 0.25) is 0 Å². The molecule has 3 heterocycles. The highest BCUT2D eigenvalue weighted by molar-refractivity contribution is 7.18. The Kier molecular flexibility index (Phi) is 2.37. The summed E-state index contributed by atoms with van der Waals surface area (Å²) in [6, 6.07) is 2.19. The minimum Gasteiger partial charge on any atom is -0.403 e. The average Bonchev–Trinajstić information content (AvgIpc) is 2.84. The molecule has 0 bridgehead atoms. The van der Waals surface area contributed by atoms with Crippen molar-refractivity contribution < 1.29 is 4.74 Å². The zero-order valence-electron chi connectivity index (χ0n) is 9.78. The van der Waals surface area contributed by atoms with E-state index in [0.717, 1.165) is 15.1 Å². The molecular weight excluding hydrogens is 252 g/mol. The topological polar surface area (TPSA) is 91.7 Å². The number of hydrogen-bond donors (Lipinski definition) is 1. The van der Waals surface area contributed by atoms with Crippen LogP contribution in [0, 0.1) is 6.92 Å². The average molecular weight is 262 g/mol. The molecule has 0 fully saturated rings. The standard InChI is InChI=1S/C10H10N6OS/c1-5-3-6-7(13-9(11)14-8(6)18-5)17-10-12-4-16(2)15-10/h3-4H,1-2H3,(H2,11,13,14). The molecule has 0 unspecified atom stereocenters. The van der Waals surface area contributed by atoms with Gasteiger partial charge in [-0.2, -0.15) is 9.97 Å². The molecular formula is C10H10N6OS. The molecule has 0 aliphatic carbocycles. The predicted molar refractivity (Wildman–Crippen MR) is 67.6 cm³/mol. The maximum atomic E-state index is 5.65. The summed E-state index contributed by atoms with van der Waals surface area (Å²) in [6.07, 6.45) is 1.55. The Bertz CT molecular complexity index is 718. The third kappa shape index (κ3) is 1.86. The second kappa shape index (κ2) is 3.91. The molecule has 92 valence electrons. The van der Waals surface area contributed by atoms with Gasteiger partial charge in [-0.3, -0.25) is 4.68 Å². The molecule has 3 aromatic heterocycles. The van der Waals surface area contributed by atoms with E-state index in [2.05, 4.69) is 20.1 Å². The van der Waals surface area contributed by atoms with Crippen LogP contribution in [0.15, 0.2) is 12.4 Å². The number of nitrogen functional groups attached to an aromatic ring is 1. The van der Waals surface area contributed by atoms with Gasteiger partial charge in [0.1, 0.15) is 11.2 Å². The number of nitrogens with two attached hydrogens (primary N) is 1. The van der Waals surface area contributed by atoms with Crippen molar-refractivity contribution in [3.8, 4) is 11.9 Å². The number of anilines is 1. The van der Waals surface area contributed by atoms with E-state index in [1.807, 2.05) is 13.0 Å². The van der Waals surface area contributed by atoms with Gasteiger partial charge in [0, 0.05) is 11.9 Å². The van der Waals surface area contributed by atoms with E-state index in [4.69, 9.17) is 10.5 Å². The number of ether oxygens (including phenoxy) is 1. The Labute approximate surface area is 106 Å². The predicted octanol–water partition coefficient (Wildman–Crippen LogP) is 1.50. The molecule has 0 aliphatic heterocycles. The number of rotatable bonds is 2. The van der Waals surface area contributed by atoms with Crippen LogP contribution in [0.3, 0.4) is 0 Å². The van der Waals surface area contributed by atoms with E-state index in [-0.39, 0.29) is 12.0 Å². The van der Waals surface area contributed by atoms with E-state index < -0.39 is 0 Å². The Morgan fingerprint density at radius 3 is 2.94 bits per heavy atom. The molecule has 0 amide bonds. The highest BCUT2D eigenvalue weighted by Crippen LogP contribution is 2.31. The van der Waals surface area contributed by atoms with Crippen molar-refractivity contribution in [1.82, 2.24) is 24.7 Å². The van der Waals surface area contributed by atoms with E-state index in [1.54, 1.807) is 18.1 Å². The molecule has 3 rings (SSSR count). The van der Waals surface area contributed by atoms with Crippen molar-refractivity contribution in [3.63, 3.8) is 0 Å². The molecule has 0 aliphatic rings. The van der Waals surface area contributed by atoms with E-state index in [9.17, 15) is 0 Å². The summed E-state index contributed by atoms with van der Waals surface area (Å²) in [5.41, 5.74) is 5.65. The lowest BCUT2D eigenvalue weighted by Crippen LogP contribution is -1.98. The Morgan fingerprint density at radius 2 is 2.22 bits per heavy atom. The highest BCUT2D eigenvalue weighted by atomic mass is 32.1. The molecule has 18 heavy (non-hydrogen) atoms. The number of hydrogen-bond acceptors (Lipinski definition) is 7. The number of fused-ring (bicyclic) bond motifs is 1. The van der Waals surface area contributed by atoms with Gasteiger partial charge in [-0.1, -0.05) is 0 Å². The number of aromatic nitrogens is 5. The van der Waals surface area contributed by atoms with Gasteiger partial charge in [-0.15, -0.1) is 16.4 Å². The summed E-state index contributed by atoms with van der Waals surface area (Å²) in [5.74, 6) is 0.559. The zero-order valence-corrected chi connectivity index (χ0v) is 10.6. The fourth-order valence-electron chi connectivity index (χ4n) is 1.56. The number of nitrogens with zero attached hydrogens (tertiary/aromatic N) is 5. The Hall–Kier alpha value is -2.22. The highest BCUT2D eigenvalue weighted by Gasteiger charge is 2.13. The van der Waals surface area contributed by atoms with Crippen LogP contribution in [0.25, 0.3) is 10.2 Å². The van der Waals surface area contributed by atoms with Gasteiger partial charge in [0.05, 0.1) is 5.39 Å². The molecule has 0 radical (unpaired) electrons. The summed E-state index contributed by atoms with van der Waals surface area (Å²) in [6.45, 7) is 1.99. The number of thiophene rings is 1. The minimum atomic E-state index is 0.176. The Morgan fingerprint density at radius 1 is 1.39 bits per heavy atom. The molecule has 3 aromatic rings. The first-order chi connectivity index (χ1) is 8.61. The quantitative estimate of drug-likeness (QED) is 0.752. The second-order valence-electron chi connectivity index (χ2n) is 3.77. The van der Waals surface area contributed by atoms with Crippen LogP contribution in [0.1, 0.15) is 4.88 Å². The van der Waals surface area contributed by atoms with Crippen LogP contribution < -0.4 is 10.5 Å². The summed E-state index contributed by atoms with van der Waals surface area (Å²) in [7, 11) is 1.76. The zero-order chi connectivity index (χ0) is 12.7. The van der Waals surface area contributed by atoms with Crippen LogP contribution in [-0.4, -0.2) is 24.7 Å². The maximum Gasteiger partial charge on any atom is 0.342 e. The van der Waals surface area contributed by atoms with Gasteiger partial charge in [-0.25, -0.2) is 4.98 Å². The van der Waals surface area contributed by atoms with Crippen molar-refractivity contribution in [2.24, 2.45) is 7.05 Å². The van der Waals surface area contributed by atoms with Crippen molar-refractivity contribution in [2.45, 2.75) is 6.92 Å². The molecule has 0 saturated heterocycles. The van der Waals surface area contributed by atoms with Crippen LogP contribution >= 0.6 is 11.3 Å². The fraction of sp³-hybridized carbons (Fsp3) is 0.200. The molecule has 0 atom stereocenters. The normalized spacial score (nSPS) is 11.0. The van der Waals surface area contributed by atoms with Crippen molar-refractivity contribution in [2.75, 3.05) is 5.73 Å². The molecule has 0 saturated carbocycles. The summed E-state index contributed by atoms with van der Waals surface area (Å²) < 4.78 is 7.09. The van der Waals surface area contributed by atoms with Crippen molar-refractivity contribution in [1.29, 1.82) is 0 Å². The molecule has 0 aromatic carbocycles. The summed E-state index contributed by atoms with van der Waals surface area (Å²) in [5, 5.41) is 4.85. The number of aryl methyl sites for hydroxylation is 2. The molecule has 8 heteroatoms. The van der Waals surface area contributed by atoms with Gasteiger partial charge in [0.25, 0.3) is 0 Å². The van der Waals surface area contributed by atoms with E-state index in [0.29, 0.717) is 5.88 Å². The smallest absolute Gasteiger partial charge is 0.342 e. The lowest BCUT2D eigenvalue weighted by molar-refractivity contribution is 0.428. The lowest BCUT2D eigenvalue weighted by atomic mass is 10.3. The van der Waals surface area contributed by atoms with Crippen molar-refractivity contribution in [3.05, 3.63) is 17.3 Å². The fourth-order valence-corrected chi connectivity index (χ4v) is 2.44. The monoisotopic (exact) mass is 262 g/mol. The third-order valence-corrected chi connectivity index (χ3v) is 3.21. The van der Waals surface area contributed by atoms with Gasteiger partial charge in [-0.05, 0) is 13.0 Å². The van der Waals surface area contributed by atoms with Gasteiger partial charge >= 0.3 is 6.01 Å². The van der Waals surface area contributed by atoms with Gasteiger partial charge in [0.2, 0.25) is 11.8 Å². The van der Waals surface area contributed by atoms with Crippen LogP contribution in [0.5, 0.6) is 11.9 Å². The van der Waals surface area contributed by atoms with Crippen LogP contribution in [-0.2, 0) is 7.05 Å². The Balaban J connectivity index is 2.10. The summed E-state index contributed by atoms with van der Waals surface area (Å²) in [4.78, 5) is 14.1. The lowest BCUT2D eigenvalue weighted by Gasteiger charge is -2.01. The largest absolute Gasteiger partial charge is 0.403 e. The molecule has 0 spiro atoms. The van der Waals surface area contributed by atoms with E-state index in [1.165, 1.54) is 11.3 Å². The van der Waals surface area contributed by atoms with Gasteiger partial charge < -0.3 is 10.5 Å². The summed E-state index contributed by atoms with van der Waals surface area (Å²) >= 11 is 1.54. The van der Waals surface area contributed by atoms with E-state index >= 15 is 0 Å². The molecule has 7 nitrogen and oxygen atoms in total. The minimum absolute atomic E-state index is 0.176. The van der Waals surface area contributed by atoms with Gasteiger partial charge in [0.15, 0.2) is 0 Å². The first kappa shape index (κ1) is 10.9.